The molecular weight excluding hydrogens is 458 g/mol. The fourth-order valence-corrected chi connectivity index (χ4v) is 4.76. The van der Waals surface area contributed by atoms with Crippen molar-refractivity contribution in [2.24, 2.45) is 0 Å². The van der Waals surface area contributed by atoms with Gasteiger partial charge in [-0.1, -0.05) is 12.1 Å². The molecule has 9 nitrogen and oxygen atoms in total. The van der Waals surface area contributed by atoms with Gasteiger partial charge in [0, 0.05) is 18.6 Å². The summed E-state index contributed by atoms with van der Waals surface area (Å²) >= 11 is 0. The maximum atomic E-state index is 9.75. The zero-order valence-corrected chi connectivity index (χ0v) is 21.2. The number of hydrogen-bond donors (Lipinski definition) is 0. The molecule has 2 aliphatic rings. The van der Waals surface area contributed by atoms with Crippen molar-refractivity contribution in [3.63, 3.8) is 0 Å². The minimum Gasteiger partial charge on any atom is -0.473 e. The summed E-state index contributed by atoms with van der Waals surface area (Å²) in [5, 5.41) is 15.5. The summed E-state index contributed by atoms with van der Waals surface area (Å²) in [7, 11) is 0. The van der Waals surface area contributed by atoms with E-state index in [-0.39, 0.29) is 12.5 Å². The molecule has 190 valence electrons. The summed E-state index contributed by atoms with van der Waals surface area (Å²) < 4.78 is 25.7. The van der Waals surface area contributed by atoms with Crippen molar-refractivity contribution in [2.45, 2.75) is 77.4 Å². The lowest BCUT2D eigenvalue weighted by molar-refractivity contribution is -0.221. The van der Waals surface area contributed by atoms with Gasteiger partial charge in [0.1, 0.15) is 29.8 Å². The Balaban J connectivity index is 1.39. The Morgan fingerprint density at radius 1 is 1.14 bits per heavy atom. The fourth-order valence-electron chi connectivity index (χ4n) is 4.76. The number of ether oxygens (including phenoxy) is 4. The molecule has 0 saturated carbocycles. The summed E-state index contributed by atoms with van der Waals surface area (Å²) in [6.45, 7) is 7.59. The molecule has 0 bridgehead atoms. The largest absolute Gasteiger partial charge is 0.473 e. The fraction of sp³-hybridized carbons (Fsp3) is 0.556. The van der Waals surface area contributed by atoms with Crippen LogP contribution >= 0.6 is 0 Å². The van der Waals surface area contributed by atoms with Gasteiger partial charge in [0.15, 0.2) is 12.5 Å². The average molecular weight is 492 g/mol. The molecule has 0 N–H and O–H groups in total. The smallest absolute Gasteiger partial charge is 0.235 e. The van der Waals surface area contributed by atoms with Crippen molar-refractivity contribution in [3.05, 3.63) is 35.7 Å². The van der Waals surface area contributed by atoms with Gasteiger partial charge < -0.3 is 18.9 Å². The predicted octanol–water partition coefficient (Wildman–Crippen LogP) is 5.07. The molecule has 1 aromatic carbocycles. The number of aryl methyl sites for hydroxylation is 1. The van der Waals surface area contributed by atoms with Crippen molar-refractivity contribution >= 4 is 10.9 Å². The topological polar surface area (TPSA) is 104 Å². The van der Waals surface area contributed by atoms with E-state index in [1.165, 1.54) is 0 Å². The first-order valence-electron chi connectivity index (χ1n) is 12.7. The van der Waals surface area contributed by atoms with Gasteiger partial charge in [-0.25, -0.2) is 14.6 Å². The molecule has 36 heavy (non-hydrogen) atoms. The van der Waals surface area contributed by atoms with Gasteiger partial charge in [0.05, 0.1) is 22.9 Å². The monoisotopic (exact) mass is 491 g/mol. The number of benzene rings is 1. The highest BCUT2D eigenvalue weighted by Crippen LogP contribution is 2.34. The Bertz CT molecular complexity index is 1250. The van der Waals surface area contributed by atoms with Crippen LogP contribution in [-0.4, -0.2) is 51.5 Å². The molecule has 2 fully saturated rings. The first-order valence-corrected chi connectivity index (χ1v) is 12.7. The third-order valence-electron chi connectivity index (χ3n) is 6.57. The van der Waals surface area contributed by atoms with E-state index in [2.05, 4.69) is 11.1 Å². The molecule has 0 radical (unpaired) electrons. The lowest BCUT2D eigenvalue weighted by atomic mass is 10.1. The molecule has 3 aromatic rings. The zero-order valence-electron chi connectivity index (χ0n) is 21.2. The summed E-state index contributed by atoms with van der Waals surface area (Å²) in [5.74, 6) is 0.456. The molecule has 4 heterocycles. The number of para-hydroxylation sites is 1. The molecule has 2 aromatic heterocycles. The van der Waals surface area contributed by atoms with E-state index in [9.17, 15) is 5.26 Å². The van der Waals surface area contributed by atoms with Gasteiger partial charge in [-0.2, -0.15) is 10.4 Å². The number of hydrogen-bond acceptors (Lipinski definition) is 8. The van der Waals surface area contributed by atoms with Crippen LogP contribution in [0.5, 0.6) is 5.88 Å². The molecule has 2 aliphatic heterocycles. The van der Waals surface area contributed by atoms with Gasteiger partial charge in [-0.3, -0.25) is 0 Å². The molecule has 9 heteroatoms. The summed E-state index contributed by atoms with van der Waals surface area (Å²) in [6, 6.07) is 7.94. The third-order valence-corrected chi connectivity index (χ3v) is 6.57. The van der Waals surface area contributed by atoms with Crippen molar-refractivity contribution in [1.82, 2.24) is 19.7 Å². The SMILES string of the molecule is Cc1nc(-c2nn(C3CCCCO3)c3c(C#N)cccc23)cnc1OCC(C)(C)OC1CCCCO1. The predicted molar refractivity (Wildman–Crippen MR) is 133 cm³/mol. The molecule has 0 spiro atoms. The zero-order chi connectivity index (χ0) is 25.1. The first kappa shape index (κ1) is 24.6. The molecule has 5 rings (SSSR count). The molecule has 2 atom stereocenters. The third kappa shape index (κ3) is 5.21. The number of rotatable bonds is 7. The lowest BCUT2D eigenvalue weighted by Gasteiger charge is -2.32. The number of fused-ring (bicyclic) bond motifs is 1. The summed E-state index contributed by atoms with van der Waals surface area (Å²) in [6.07, 6.45) is 7.33. The van der Waals surface area contributed by atoms with Gasteiger partial charge in [-0.15, -0.1) is 0 Å². The number of aromatic nitrogens is 4. The van der Waals surface area contributed by atoms with Gasteiger partial charge in [0.2, 0.25) is 5.88 Å². The minimum atomic E-state index is -0.530. The molecule has 0 amide bonds. The van der Waals surface area contributed by atoms with E-state index >= 15 is 0 Å². The van der Waals surface area contributed by atoms with Crippen molar-refractivity contribution in [2.75, 3.05) is 19.8 Å². The van der Waals surface area contributed by atoms with E-state index < -0.39 is 5.60 Å². The Morgan fingerprint density at radius 3 is 2.64 bits per heavy atom. The van der Waals surface area contributed by atoms with Crippen LogP contribution in [0.15, 0.2) is 24.4 Å². The van der Waals surface area contributed by atoms with Crippen LogP contribution in [0.4, 0.5) is 0 Å². The number of nitrogens with zero attached hydrogens (tertiary/aromatic N) is 5. The maximum absolute atomic E-state index is 9.75. The van der Waals surface area contributed by atoms with Crippen LogP contribution in [0.3, 0.4) is 0 Å². The van der Waals surface area contributed by atoms with Gasteiger partial charge >= 0.3 is 0 Å². The Kier molecular flexibility index (Phi) is 7.19. The van der Waals surface area contributed by atoms with E-state index in [1.807, 2.05) is 43.7 Å². The normalized spacial score (nSPS) is 20.8. The van der Waals surface area contributed by atoms with E-state index in [0.717, 1.165) is 56.0 Å². The molecule has 0 aliphatic carbocycles. The first-order chi connectivity index (χ1) is 17.4. The molecule has 2 saturated heterocycles. The summed E-state index contributed by atoms with van der Waals surface area (Å²) in [4.78, 5) is 9.33. The highest BCUT2D eigenvalue weighted by atomic mass is 16.7. The van der Waals surface area contributed by atoms with Gasteiger partial charge in [0.25, 0.3) is 0 Å². The van der Waals surface area contributed by atoms with E-state index in [1.54, 1.807) is 6.20 Å². The Morgan fingerprint density at radius 2 is 1.94 bits per heavy atom. The van der Waals surface area contributed by atoms with Crippen LogP contribution in [0.1, 0.15) is 69.9 Å². The van der Waals surface area contributed by atoms with Crippen molar-refractivity contribution in [3.8, 4) is 23.3 Å². The number of nitriles is 1. The Labute approximate surface area is 211 Å². The standard InChI is InChI=1S/C27H33N5O4/c1-18-26(35-17-27(2,3)36-23-12-5-7-14-34-23)29-16-21(30-18)24-20-10-8-9-19(15-28)25(20)32(31-24)22-11-4-6-13-33-22/h8-10,16,22-23H,4-7,11-14,17H2,1-3H3. The van der Waals surface area contributed by atoms with Crippen LogP contribution in [0.2, 0.25) is 0 Å². The summed E-state index contributed by atoms with van der Waals surface area (Å²) in [5.41, 5.74) is 2.76. The second kappa shape index (κ2) is 10.5. The second-order valence-corrected chi connectivity index (χ2v) is 10.0. The van der Waals surface area contributed by atoms with Crippen LogP contribution < -0.4 is 4.74 Å². The van der Waals surface area contributed by atoms with Crippen molar-refractivity contribution < 1.29 is 18.9 Å². The average Bonchev–Trinajstić information content (AvgIpc) is 3.29. The lowest BCUT2D eigenvalue weighted by Crippen LogP contribution is -2.39. The molecular formula is C27H33N5O4. The van der Waals surface area contributed by atoms with Crippen LogP contribution in [0, 0.1) is 18.3 Å². The van der Waals surface area contributed by atoms with Crippen molar-refractivity contribution in [1.29, 1.82) is 5.26 Å². The van der Waals surface area contributed by atoms with E-state index in [0.29, 0.717) is 41.7 Å². The van der Waals surface area contributed by atoms with E-state index in [4.69, 9.17) is 29.0 Å². The Hall–Kier alpha value is -3.06. The quantitative estimate of drug-likeness (QED) is 0.451. The highest BCUT2D eigenvalue weighted by Gasteiger charge is 2.28. The highest BCUT2D eigenvalue weighted by molar-refractivity contribution is 5.95. The van der Waals surface area contributed by atoms with Gasteiger partial charge in [-0.05, 0) is 65.4 Å². The van der Waals surface area contributed by atoms with Crippen LogP contribution in [0.25, 0.3) is 22.3 Å². The van der Waals surface area contributed by atoms with Crippen LogP contribution in [-0.2, 0) is 14.2 Å². The molecule has 2 unspecified atom stereocenters. The second-order valence-electron chi connectivity index (χ2n) is 10.0. The maximum Gasteiger partial charge on any atom is 0.235 e. The minimum absolute atomic E-state index is 0.193.